The molecule has 1 unspecified atom stereocenters. The molecule has 1 aromatic heterocycles. The van der Waals surface area contributed by atoms with E-state index in [0.29, 0.717) is 6.04 Å². The molecule has 1 aliphatic rings. The van der Waals surface area contributed by atoms with Crippen molar-refractivity contribution in [3.8, 4) is 17.0 Å². The highest BCUT2D eigenvalue weighted by molar-refractivity contribution is 5.63. The largest absolute Gasteiger partial charge is 0.497 e. The molecule has 4 nitrogen and oxygen atoms in total. The van der Waals surface area contributed by atoms with Crippen LogP contribution in [0.3, 0.4) is 0 Å². The Kier molecular flexibility index (Phi) is 2.94. The van der Waals surface area contributed by atoms with Crippen LogP contribution < -0.4 is 10.1 Å². The van der Waals surface area contributed by atoms with Crippen LogP contribution in [0, 0.1) is 0 Å². The number of hydrogen-bond donors (Lipinski definition) is 1. The fourth-order valence-electron chi connectivity index (χ4n) is 2.10. The first-order valence-corrected chi connectivity index (χ1v) is 6.07. The zero-order chi connectivity index (χ0) is 12.4. The molecule has 1 saturated heterocycles. The van der Waals surface area contributed by atoms with E-state index in [9.17, 15) is 0 Å². The highest BCUT2D eigenvalue weighted by atomic mass is 16.5. The van der Waals surface area contributed by atoms with Crippen LogP contribution in [0.5, 0.6) is 5.75 Å². The average Bonchev–Trinajstić information content (AvgIpc) is 2.38. The third-order valence-corrected chi connectivity index (χ3v) is 3.24. The molecule has 1 fully saturated rings. The van der Waals surface area contributed by atoms with E-state index < -0.39 is 0 Å². The fourth-order valence-corrected chi connectivity index (χ4v) is 2.10. The van der Waals surface area contributed by atoms with E-state index in [4.69, 9.17) is 4.74 Å². The van der Waals surface area contributed by atoms with Crippen molar-refractivity contribution in [3.05, 3.63) is 42.4 Å². The molecule has 4 heteroatoms. The minimum absolute atomic E-state index is 0.343. The molecule has 0 bridgehead atoms. The molecular weight excluding hydrogens is 226 g/mol. The summed E-state index contributed by atoms with van der Waals surface area (Å²) in [5.41, 5.74) is 3.07. The van der Waals surface area contributed by atoms with E-state index in [2.05, 4.69) is 15.3 Å². The van der Waals surface area contributed by atoms with Gasteiger partial charge in [-0.05, 0) is 37.2 Å². The summed E-state index contributed by atoms with van der Waals surface area (Å²) < 4.78 is 5.17. The molecule has 1 aliphatic heterocycles. The number of ether oxygens (including phenoxy) is 1. The van der Waals surface area contributed by atoms with Crippen LogP contribution in [0.2, 0.25) is 0 Å². The Morgan fingerprint density at radius 1 is 1.17 bits per heavy atom. The monoisotopic (exact) mass is 241 g/mol. The average molecular weight is 241 g/mol. The third-order valence-electron chi connectivity index (χ3n) is 3.24. The number of aromatic nitrogens is 2. The van der Waals surface area contributed by atoms with E-state index in [1.54, 1.807) is 19.5 Å². The van der Waals surface area contributed by atoms with Crippen molar-refractivity contribution in [2.75, 3.05) is 13.7 Å². The number of nitrogens with zero attached hydrogens (tertiary/aromatic N) is 2. The van der Waals surface area contributed by atoms with Gasteiger partial charge in [0.1, 0.15) is 5.75 Å². The van der Waals surface area contributed by atoms with E-state index in [1.807, 2.05) is 24.3 Å². The van der Waals surface area contributed by atoms with Crippen molar-refractivity contribution in [2.45, 2.75) is 12.5 Å². The Morgan fingerprint density at radius 3 is 2.50 bits per heavy atom. The number of nitrogens with one attached hydrogen (secondary N) is 1. The van der Waals surface area contributed by atoms with Crippen molar-refractivity contribution in [2.24, 2.45) is 0 Å². The summed E-state index contributed by atoms with van der Waals surface area (Å²) in [5, 5.41) is 3.37. The molecule has 92 valence electrons. The topological polar surface area (TPSA) is 47.0 Å². The molecule has 18 heavy (non-hydrogen) atoms. The van der Waals surface area contributed by atoms with Crippen molar-refractivity contribution >= 4 is 0 Å². The van der Waals surface area contributed by atoms with Crippen LogP contribution in [0.1, 0.15) is 18.2 Å². The number of methoxy groups -OCH3 is 1. The van der Waals surface area contributed by atoms with Crippen LogP contribution in [0.4, 0.5) is 0 Å². The number of rotatable bonds is 3. The predicted octanol–water partition coefficient (Wildman–Crippen LogP) is 2.19. The lowest BCUT2D eigenvalue weighted by Crippen LogP contribution is -2.36. The van der Waals surface area contributed by atoms with Crippen LogP contribution in [0.25, 0.3) is 11.3 Å². The molecule has 0 saturated carbocycles. The fraction of sp³-hybridized carbons (Fsp3) is 0.286. The minimum Gasteiger partial charge on any atom is -0.497 e. The zero-order valence-electron chi connectivity index (χ0n) is 10.3. The smallest absolute Gasteiger partial charge is 0.118 e. The van der Waals surface area contributed by atoms with Gasteiger partial charge in [0.05, 0.1) is 24.5 Å². The molecule has 0 aliphatic carbocycles. The van der Waals surface area contributed by atoms with Gasteiger partial charge >= 0.3 is 0 Å². The van der Waals surface area contributed by atoms with E-state index >= 15 is 0 Å². The van der Waals surface area contributed by atoms with Crippen LogP contribution >= 0.6 is 0 Å². The molecule has 3 rings (SSSR count). The summed E-state index contributed by atoms with van der Waals surface area (Å²) in [4.78, 5) is 8.93. The first kappa shape index (κ1) is 11.2. The Bertz CT molecular complexity index is 535. The Morgan fingerprint density at radius 2 is 1.89 bits per heavy atom. The second-order valence-electron chi connectivity index (χ2n) is 4.31. The molecule has 0 spiro atoms. The standard InChI is InChI=1S/C14H15N3O/c1-18-11-4-2-10(3-5-11)13-14(12-6-7-15-12)17-9-8-16-13/h2-5,8-9,12,15H,6-7H2,1H3. The lowest BCUT2D eigenvalue weighted by Gasteiger charge is -2.28. The second-order valence-corrected chi connectivity index (χ2v) is 4.31. The van der Waals surface area contributed by atoms with Gasteiger partial charge in [-0.25, -0.2) is 0 Å². The SMILES string of the molecule is COc1ccc(-c2nccnc2C2CCN2)cc1. The van der Waals surface area contributed by atoms with Gasteiger partial charge in [-0.1, -0.05) is 0 Å². The highest BCUT2D eigenvalue weighted by Gasteiger charge is 2.23. The number of hydrogen-bond acceptors (Lipinski definition) is 4. The summed E-state index contributed by atoms with van der Waals surface area (Å²) >= 11 is 0. The first-order valence-electron chi connectivity index (χ1n) is 6.07. The first-order chi connectivity index (χ1) is 8.88. The van der Waals surface area contributed by atoms with E-state index in [-0.39, 0.29) is 0 Å². The van der Waals surface area contributed by atoms with Gasteiger partial charge in [-0.2, -0.15) is 0 Å². The quantitative estimate of drug-likeness (QED) is 0.894. The number of benzene rings is 1. The minimum atomic E-state index is 0.343. The maximum Gasteiger partial charge on any atom is 0.118 e. The molecule has 1 atom stereocenters. The maximum atomic E-state index is 5.17. The lowest BCUT2D eigenvalue weighted by molar-refractivity contribution is 0.375. The van der Waals surface area contributed by atoms with Crippen molar-refractivity contribution in [1.29, 1.82) is 0 Å². The van der Waals surface area contributed by atoms with Gasteiger partial charge in [-0.15, -0.1) is 0 Å². The lowest BCUT2D eigenvalue weighted by atomic mass is 9.98. The molecule has 2 heterocycles. The molecule has 0 radical (unpaired) electrons. The summed E-state index contributed by atoms with van der Waals surface area (Å²) in [5.74, 6) is 0.853. The Hall–Kier alpha value is -1.94. The molecule has 2 aromatic rings. The highest BCUT2D eigenvalue weighted by Crippen LogP contribution is 2.30. The van der Waals surface area contributed by atoms with E-state index in [1.165, 1.54) is 0 Å². The maximum absolute atomic E-state index is 5.17. The normalized spacial score (nSPS) is 18.2. The van der Waals surface area contributed by atoms with Gasteiger partial charge in [0.2, 0.25) is 0 Å². The Labute approximate surface area is 106 Å². The summed E-state index contributed by atoms with van der Waals surface area (Å²) in [7, 11) is 1.67. The van der Waals surface area contributed by atoms with Crippen LogP contribution in [-0.2, 0) is 0 Å². The summed E-state index contributed by atoms with van der Waals surface area (Å²) in [6, 6.07) is 8.27. The Balaban J connectivity index is 1.99. The second kappa shape index (κ2) is 4.74. The zero-order valence-corrected chi connectivity index (χ0v) is 10.3. The van der Waals surface area contributed by atoms with Crippen molar-refractivity contribution in [3.63, 3.8) is 0 Å². The van der Waals surface area contributed by atoms with E-state index in [0.717, 1.165) is 35.7 Å². The summed E-state index contributed by atoms with van der Waals surface area (Å²) in [6.07, 6.45) is 4.62. The van der Waals surface area contributed by atoms with Crippen LogP contribution in [-0.4, -0.2) is 23.6 Å². The predicted molar refractivity (Wildman–Crippen MR) is 69.4 cm³/mol. The third kappa shape index (κ3) is 1.95. The van der Waals surface area contributed by atoms with Gasteiger partial charge in [-0.3, -0.25) is 9.97 Å². The van der Waals surface area contributed by atoms with Gasteiger partial charge < -0.3 is 10.1 Å². The van der Waals surface area contributed by atoms with Crippen molar-refractivity contribution < 1.29 is 4.74 Å². The molecule has 1 N–H and O–H groups in total. The van der Waals surface area contributed by atoms with Gasteiger partial charge in [0, 0.05) is 18.0 Å². The van der Waals surface area contributed by atoms with Gasteiger partial charge in [0.25, 0.3) is 0 Å². The molecular formula is C14H15N3O. The molecule has 1 aromatic carbocycles. The van der Waals surface area contributed by atoms with Gasteiger partial charge in [0.15, 0.2) is 0 Å². The van der Waals surface area contributed by atoms with Crippen molar-refractivity contribution in [1.82, 2.24) is 15.3 Å². The van der Waals surface area contributed by atoms with Crippen LogP contribution in [0.15, 0.2) is 36.7 Å². The molecule has 0 amide bonds. The summed E-state index contributed by atoms with van der Waals surface area (Å²) in [6.45, 7) is 1.06.